The first kappa shape index (κ1) is 18.5. The molecule has 1 N–H and O–H groups in total. The van der Waals surface area contributed by atoms with Gasteiger partial charge in [0.05, 0.1) is 12.2 Å². The van der Waals surface area contributed by atoms with E-state index in [2.05, 4.69) is 5.32 Å². The Kier molecular flexibility index (Phi) is 6.82. The van der Waals surface area contributed by atoms with E-state index in [1.807, 2.05) is 25.1 Å². The zero-order valence-electron chi connectivity index (χ0n) is 13.7. The summed E-state index contributed by atoms with van der Waals surface area (Å²) in [6, 6.07) is 9.23. The van der Waals surface area contributed by atoms with E-state index in [0.29, 0.717) is 35.0 Å². The number of aryl methyl sites for hydroxylation is 2. The average Bonchev–Trinajstić information content (AvgIpc) is 2.96. The van der Waals surface area contributed by atoms with Crippen molar-refractivity contribution in [2.45, 2.75) is 33.1 Å². The van der Waals surface area contributed by atoms with Crippen LogP contribution in [0.1, 0.15) is 41.1 Å². The number of hydrogen-bond acceptors (Lipinski definition) is 4. The van der Waals surface area contributed by atoms with Crippen LogP contribution in [0.4, 0.5) is 5.00 Å². The van der Waals surface area contributed by atoms with E-state index in [-0.39, 0.29) is 5.91 Å². The predicted molar refractivity (Wildman–Crippen MR) is 98.1 cm³/mol. The molecule has 0 bridgehead atoms. The Balaban J connectivity index is 2.02. The zero-order valence-corrected chi connectivity index (χ0v) is 15.3. The van der Waals surface area contributed by atoms with Crippen LogP contribution in [-0.2, 0) is 22.4 Å². The summed E-state index contributed by atoms with van der Waals surface area (Å²) in [4.78, 5) is 25.3. The lowest BCUT2D eigenvalue weighted by molar-refractivity contribution is -0.116. The second kappa shape index (κ2) is 8.85. The number of anilines is 1. The van der Waals surface area contributed by atoms with Crippen LogP contribution in [0, 0.1) is 0 Å². The van der Waals surface area contributed by atoms with Crippen molar-refractivity contribution in [1.82, 2.24) is 0 Å². The fourth-order valence-electron chi connectivity index (χ4n) is 2.21. The van der Waals surface area contributed by atoms with Gasteiger partial charge in [0.2, 0.25) is 5.91 Å². The van der Waals surface area contributed by atoms with E-state index in [0.717, 1.165) is 16.9 Å². The maximum absolute atomic E-state index is 12.2. The first-order valence-corrected chi connectivity index (χ1v) is 9.07. The molecule has 2 rings (SSSR count). The first-order chi connectivity index (χ1) is 11.5. The van der Waals surface area contributed by atoms with Gasteiger partial charge in [-0.25, -0.2) is 4.79 Å². The van der Waals surface area contributed by atoms with Crippen LogP contribution in [0.25, 0.3) is 0 Å². The minimum atomic E-state index is -0.404. The largest absolute Gasteiger partial charge is 0.462 e. The summed E-state index contributed by atoms with van der Waals surface area (Å²) < 4.78 is 5.05. The number of halogens is 1. The molecule has 0 fully saturated rings. The number of rotatable bonds is 7. The van der Waals surface area contributed by atoms with Crippen LogP contribution in [-0.4, -0.2) is 18.5 Å². The first-order valence-electron chi connectivity index (χ1n) is 7.87. The second-order valence-corrected chi connectivity index (χ2v) is 6.78. The average molecular weight is 366 g/mol. The van der Waals surface area contributed by atoms with Crippen LogP contribution in [0.2, 0.25) is 5.02 Å². The number of carbonyl (C=O) groups excluding carboxylic acids is 2. The molecule has 0 aliphatic rings. The van der Waals surface area contributed by atoms with Crippen molar-refractivity contribution in [2.75, 3.05) is 11.9 Å². The zero-order chi connectivity index (χ0) is 17.5. The van der Waals surface area contributed by atoms with Gasteiger partial charge in [-0.2, -0.15) is 0 Å². The number of nitrogens with one attached hydrogen (secondary N) is 1. The molecule has 0 saturated carbocycles. The van der Waals surface area contributed by atoms with Gasteiger partial charge in [-0.15, -0.1) is 11.3 Å². The molecule has 1 heterocycles. The maximum atomic E-state index is 12.2. The van der Waals surface area contributed by atoms with Crippen molar-refractivity contribution < 1.29 is 14.3 Å². The van der Waals surface area contributed by atoms with Gasteiger partial charge in [0, 0.05) is 16.3 Å². The van der Waals surface area contributed by atoms with Gasteiger partial charge in [-0.05, 0) is 43.5 Å². The molecular weight excluding hydrogens is 346 g/mol. The topological polar surface area (TPSA) is 55.4 Å². The number of benzene rings is 1. The number of amides is 1. The molecule has 0 atom stereocenters. The molecule has 6 heteroatoms. The molecule has 0 unspecified atom stereocenters. The van der Waals surface area contributed by atoms with Gasteiger partial charge in [0.15, 0.2) is 0 Å². The lowest BCUT2D eigenvalue weighted by atomic mass is 10.1. The predicted octanol–water partition coefficient (Wildman–Crippen LogP) is 4.71. The molecular formula is C18H20ClNO3S. The summed E-state index contributed by atoms with van der Waals surface area (Å²) in [5.74, 6) is -0.538. The Bertz CT molecular complexity index is 727. The van der Waals surface area contributed by atoms with Crippen LogP contribution in [0.3, 0.4) is 0 Å². The Morgan fingerprint density at radius 1 is 1.25 bits per heavy atom. The third-order valence-corrected chi connectivity index (χ3v) is 4.84. The summed E-state index contributed by atoms with van der Waals surface area (Å²) in [5, 5.41) is 4.05. The highest BCUT2D eigenvalue weighted by atomic mass is 35.5. The quantitative estimate of drug-likeness (QED) is 0.723. The third-order valence-electron chi connectivity index (χ3n) is 3.41. The molecule has 0 spiro atoms. The summed E-state index contributed by atoms with van der Waals surface area (Å²) in [6.45, 7) is 4.07. The van der Waals surface area contributed by atoms with Gasteiger partial charge in [0.25, 0.3) is 0 Å². The highest BCUT2D eigenvalue weighted by Crippen LogP contribution is 2.29. The SMILES string of the molecule is CCOC(=O)c1cc(CC)sc1NC(=O)CCc1cccc(Cl)c1. The highest BCUT2D eigenvalue weighted by molar-refractivity contribution is 7.16. The highest BCUT2D eigenvalue weighted by Gasteiger charge is 2.18. The van der Waals surface area contributed by atoms with Crippen molar-refractivity contribution in [1.29, 1.82) is 0 Å². The molecule has 128 valence electrons. The van der Waals surface area contributed by atoms with Crippen molar-refractivity contribution in [2.24, 2.45) is 0 Å². The Morgan fingerprint density at radius 3 is 2.71 bits per heavy atom. The van der Waals surface area contributed by atoms with Gasteiger partial charge < -0.3 is 10.1 Å². The standard InChI is InChI=1S/C18H20ClNO3S/c1-3-14-11-15(18(22)23-4-2)17(24-14)20-16(21)9-8-12-6-5-7-13(19)10-12/h5-7,10-11H,3-4,8-9H2,1-2H3,(H,20,21). The van der Waals surface area contributed by atoms with Crippen molar-refractivity contribution in [3.63, 3.8) is 0 Å². The third kappa shape index (κ3) is 5.08. The normalized spacial score (nSPS) is 10.5. The molecule has 24 heavy (non-hydrogen) atoms. The molecule has 0 aliphatic heterocycles. The smallest absolute Gasteiger partial charge is 0.341 e. The second-order valence-electron chi connectivity index (χ2n) is 5.21. The van der Waals surface area contributed by atoms with Crippen LogP contribution >= 0.6 is 22.9 Å². The number of esters is 1. The molecule has 1 aromatic carbocycles. The molecule has 0 aliphatic carbocycles. The minimum Gasteiger partial charge on any atom is -0.462 e. The number of hydrogen-bond donors (Lipinski definition) is 1. The monoisotopic (exact) mass is 365 g/mol. The molecule has 2 aromatic rings. The maximum Gasteiger partial charge on any atom is 0.341 e. The van der Waals surface area contributed by atoms with Crippen LogP contribution in [0.5, 0.6) is 0 Å². The van der Waals surface area contributed by atoms with Crippen molar-refractivity contribution in [3.8, 4) is 0 Å². The van der Waals surface area contributed by atoms with E-state index in [1.165, 1.54) is 11.3 Å². The minimum absolute atomic E-state index is 0.134. The van der Waals surface area contributed by atoms with E-state index in [9.17, 15) is 9.59 Å². The molecule has 0 radical (unpaired) electrons. The summed E-state index contributed by atoms with van der Waals surface area (Å²) in [6.07, 6.45) is 1.71. The molecule has 1 aromatic heterocycles. The Labute approximate surface area is 150 Å². The number of thiophene rings is 1. The van der Waals surface area contributed by atoms with Gasteiger partial charge in [0.1, 0.15) is 5.00 Å². The van der Waals surface area contributed by atoms with Gasteiger partial charge >= 0.3 is 5.97 Å². The van der Waals surface area contributed by atoms with E-state index >= 15 is 0 Å². The van der Waals surface area contributed by atoms with Gasteiger partial charge in [-0.1, -0.05) is 30.7 Å². The van der Waals surface area contributed by atoms with Gasteiger partial charge in [-0.3, -0.25) is 4.79 Å². The van der Waals surface area contributed by atoms with E-state index < -0.39 is 5.97 Å². The fraction of sp³-hybridized carbons (Fsp3) is 0.333. The van der Waals surface area contributed by atoms with Crippen LogP contribution < -0.4 is 5.32 Å². The fourth-order valence-corrected chi connectivity index (χ4v) is 3.42. The van der Waals surface area contributed by atoms with E-state index in [1.54, 1.807) is 19.1 Å². The summed E-state index contributed by atoms with van der Waals surface area (Å²) in [5.41, 5.74) is 1.43. The lowest BCUT2D eigenvalue weighted by Gasteiger charge is -2.06. The number of ether oxygens (including phenoxy) is 1. The number of carbonyl (C=O) groups is 2. The molecule has 4 nitrogen and oxygen atoms in total. The molecule has 1 amide bonds. The van der Waals surface area contributed by atoms with E-state index in [4.69, 9.17) is 16.3 Å². The summed E-state index contributed by atoms with van der Waals surface area (Å²) in [7, 11) is 0. The lowest BCUT2D eigenvalue weighted by Crippen LogP contribution is -2.14. The van der Waals surface area contributed by atoms with Crippen molar-refractivity contribution in [3.05, 3.63) is 51.4 Å². The summed E-state index contributed by atoms with van der Waals surface area (Å²) >= 11 is 7.36. The van der Waals surface area contributed by atoms with Crippen molar-refractivity contribution >= 4 is 39.8 Å². The Hall–Kier alpha value is -1.85. The molecule has 0 saturated heterocycles. The Morgan fingerprint density at radius 2 is 2.04 bits per heavy atom. The van der Waals surface area contributed by atoms with Crippen LogP contribution in [0.15, 0.2) is 30.3 Å².